The highest BCUT2D eigenvalue weighted by Gasteiger charge is 2.32. The maximum absolute atomic E-state index is 13.6. The minimum Gasteiger partial charge on any atom is -0.325 e. The number of fused-ring (bicyclic) bond motifs is 1. The second kappa shape index (κ2) is 9.97. The van der Waals surface area contributed by atoms with Crippen molar-refractivity contribution in [3.05, 3.63) is 69.0 Å². The Bertz CT molecular complexity index is 1290. The molecule has 178 valence electrons. The SMILES string of the molecule is C[C@H]1[C@H](C)CCC[C@H]1n1c(S[C@@H](C)C(=O)Nc2cccc([N+](=O)[O-])c2)nc2ccccc2c1=O. The summed E-state index contributed by atoms with van der Waals surface area (Å²) in [5.74, 6) is 0.483. The van der Waals surface area contributed by atoms with Gasteiger partial charge in [-0.2, -0.15) is 0 Å². The van der Waals surface area contributed by atoms with Gasteiger partial charge in [-0.3, -0.25) is 24.3 Å². The summed E-state index contributed by atoms with van der Waals surface area (Å²) in [6.45, 7) is 6.15. The fourth-order valence-corrected chi connectivity index (χ4v) is 5.54. The summed E-state index contributed by atoms with van der Waals surface area (Å²) in [5, 5.41) is 14.3. The van der Waals surface area contributed by atoms with E-state index in [1.54, 1.807) is 23.6 Å². The fourth-order valence-electron chi connectivity index (χ4n) is 4.57. The topological polar surface area (TPSA) is 107 Å². The molecule has 3 aromatic rings. The molecule has 34 heavy (non-hydrogen) atoms. The van der Waals surface area contributed by atoms with Crippen molar-refractivity contribution < 1.29 is 9.72 Å². The van der Waals surface area contributed by atoms with E-state index >= 15 is 0 Å². The van der Waals surface area contributed by atoms with Crippen LogP contribution in [-0.4, -0.2) is 25.6 Å². The van der Waals surface area contributed by atoms with Crippen LogP contribution in [0.5, 0.6) is 0 Å². The molecule has 1 aromatic heterocycles. The van der Waals surface area contributed by atoms with Crippen LogP contribution in [0.2, 0.25) is 0 Å². The molecule has 1 saturated carbocycles. The van der Waals surface area contributed by atoms with Gasteiger partial charge in [0.2, 0.25) is 5.91 Å². The molecule has 2 aromatic carbocycles. The molecule has 0 aliphatic heterocycles. The second-order valence-electron chi connectivity index (χ2n) is 8.98. The molecule has 0 bridgehead atoms. The number of nitrogens with one attached hydrogen (secondary N) is 1. The molecule has 1 aliphatic carbocycles. The van der Waals surface area contributed by atoms with Gasteiger partial charge in [-0.1, -0.05) is 56.7 Å². The molecule has 1 amide bonds. The lowest BCUT2D eigenvalue weighted by atomic mass is 9.78. The van der Waals surface area contributed by atoms with Crippen molar-refractivity contribution in [1.29, 1.82) is 0 Å². The Kier molecular flexibility index (Phi) is 7.02. The zero-order valence-corrected chi connectivity index (χ0v) is 20.2. The minimum atomic E-state index is -0.574. The van der Waals surface area contributed by atoms with Gasteiger partial charge in [0.15, 0.2) is 5.16 Å². The van der Waals surface area contributed by atoms with Gasteiger partial charge in [0, 0.05) is 23.9 Å². The highest BCUT2D eigenvalue weighted by molar-refractivity contribution is 8.00. The molecular formula is C25H28N4O4S. The number of nitro benzene ring substituents is 1. The number of nitro groups is 1. The first kappa shape index (κ1) is 23.9. The normalized spacial score (nSPS) is 21.2. The van der Waals surface area contributed by atoms with Crippen molar-refractivity contribution in [2.75, 3.05) is 5.32 Å². The zero-order chi connectivity index (χ0) is 24.4. The Morgan fingerprint density at radius 3 is 2.74 bits per heavy atom. The molecule has 4 atom stereocenters. The molecule has 1 fully saturated rings. The molecule has 0 spiro atoms. The average molecular weight is 481 g/mol. The van der Waals surface area contributed by atoms with Crippen LogP contribution in [0.15, 0.2) is 58.5 Å². The number of rotatable bonds is 6. The number of carbonyl (C=O) groups excluding carboxylic acids is 1. The van der Waals surface area contributed by atoms with Gasteiger partial charge < -0.3 is 5.32 Å². The van der Waals surface area contributed by atoms with Crippen LogP contribution in [0, 0.1) is 22.0 Å². The molecule has 0 saturated heterocycles. The number of non-ortho nitro benzene ring substituents is 1. The fraction of sp³-hybridized carbons (Fsp3) is 0.400. The lowest BCUT2D eigenvalue weighted by Crippen LogP contribution is -2.36. The smallest absolute Gasteiger partial charge is 0.271 e. The van der Waals surface area contributed by atoms with Gasteiger partial charge in [-0.25, -0.2) is 4.98 Å². The Hall–Kier alpha value is -3.20. The number of amides is 1. The van der Waals surface area contributed by atoms with E-state index in [1.807, 2.05) is 18.2 Å². The first-order valence-corrected chi connectivity index (χ1v) is 12.4. The molecule has 1 N–H and O–H groups in total. The summed E-state index contributed by atoms with van der Waals surface area (Å²) < 4.78 is 1.80. The van der Waals surface area contributed by atoms with E-state index in [0.717, 1.165) is 19.3 Å². The van der Waals surface area contributed by atoms with Gasteiger partial charge >= 0.3 is 0 Å². The monoisotopic (exact) mass is 480 g/mol. The van der Waals surface area contributed by atoms with E-state index in [2.05, 4.69) is 19.2 Å². The lowest BCUT2D eigenvalue weighted by Gasteiger charge is -2.36. The van der Waals surface area contributed by atoms with Crippen LogP contribution >= 0.6 is 11.8 Å². The maximum Gasteiger partial charge on any atom is 0.271 e. The number of carbonyl (C=O) groups is 1. The van der Waals surface area contributed by atoms with Crippen molar-refractivity contribution in [3.8, 4) is 0 Å². The van der Waals surface area contributed by atoms with Gasteiger partial charge in [0.1, 0.15) is 0 Å². The van der Waals surface area contributed by atoms with E-state index < -0.39 is 10.2 Å². The first-order chi connectivity index (χ1) is 16.3. The Labute approximate surface area is 201 Å². The number of para-hydroxylation sites is 1. The number of thioether (sulfide) groups is 1. The summed E-state index contributed by atoms with van der Waals surface area (Å²) in [5.41, 5.74) is 0.785. The summed E-state index contributed by atoms with van der Waals surface area (Å²) in [4.78, 5) is 41.9. The minimum absolute atomic E-state index is 0.0166. The summed E-state index contributed by atoms with van der Waals surface area (Å²) >= 11 is 1.24. The number of anilines is 1. The van der Waals surface area contributed by atoms with Crippen LogP contribution in [-0.2, 0) is 4.79 Å². The number of aromatic nitrogens is 2. The maximum atomic E-state index is 13.6. The standard InChI is InChI=1S/C25H28N4O4S/c1-15-8-6-13-22(16(15)2)28-24(31)20-11-4-5-12-21(20)27-25(28)34-17(3)23(30)26-18-9-7-10-19(14-18)29(32)33/h4-5,7,9-12,14-17,22H,6,8,13H2,1-3H3,(H,26,30)/t15-,16+,17+,22-/m1/s1. The second-order valence-corrected chi connectivity index (χ2v) is 10.3. The highest BCUT2D eigenvalue weighted by atomic mass is 32.2. The van der Waals surface area contributed by atoms with Crippen molar-refractivity contribution in [2.45, 2.75) is 56.5 Å². The van der Waals surface area contributed by atoms with Crippen molar-refractivity contribution in [3.63, 3.8) is 0 Å². The first-order valence-electron chi connectivity index (χ1n) is 11.5. The predicted molar refractivity (Wildman–Crippen MR) is 134 cm³/mol. The van der Waals surface area contributed by atoms with Crippen molar-refractivity contribution >= 4 is 39.9 Å². The van der Waals surface area contributed by atoms with Crippen LogP contribution in [0.3, 0.4) is 0 Å². The number of benzene rings is 2. The molecule has 0 radical (unpaired) electrons. The van der Waals surface area contributed by atoms with E-state index in [4.69, 9.17) is 4.98 Å². The Balaban J connectivity index is 1.66. The van der Waals surface area contributed by atoms with Crippen molar-refractivity contribution in [1.82, 2.24) is 9.55 Å². The number of nitrogens with zero attached hydrogens (tertiary/aromatic N) is 3. The highest BCUT2D eigenvalue weighted by Crippen LogP contribution is 2.39. The molecule has 0 unspecified atom stereocenters. The summed E-state index contributed by atoms with van der Waals surface area (Å²) in [6.07, 6.45) is 3.08. The Morgan fingerprint density at radius 1 is 1.21 bits per heavy atom. The quantitative estimate of drug-likeness (QED) is 0.218. The third-order valence-electron chi connectivity index (χ3n) is 6.75. The summed E-state index contributed by atoms with van der Waals surface area (Å²) in [7, 11) is 0. The van der Waals surface area contributed by atoms with Gasteiger partial charge in [0.25, 0.3) is 11.2 Å². The third-order valence-corrected chi connectivity index (χ3v) is 7.81. The Morgan fingerprint density at radius 2 is 1.97 bits per heavy atom. The zero-order valence-electron chi connectivity index (χ0n) is 19.4. The van der Waals surface area contributed by atoms with Crippen LogP contribution < -0.4 is 10.9 Å². The molecule has 8 nitrogen and oxygen atoms in total. The molecule has 4 rings (SSSR count). The third kappa shape index (κ3) is 4.84. The van der Waals surface area contributed by atoms with Crippen LogP contribution in [0.1, 0.15) is 46.1 Å². The van der Waals surface area contributed by atoms with E-state index in [0.29, 0.717) is 33.6 Å². The molecular weight excluding hydrogens is 452 g/mol. The number of hydrogen-bond donors (Lipinski definition) is 1. The van der Waals surface area contributed by atoms with E-state index in [9.17, 15) is 19.7 Å². The van der Waals surface area contributed by atoms with Crippen LogP contribution in [0.4, 0.5) is 11.4 Å². The van der Waals surface area contributed by atoms with Crippen LogP contribution in [0.25, 0.3) is 10.9 Å². The summed E-state index contributed by atoms with van der Waals surface area (Å²) in [6, 6.07) is 13.1. The largest absolute Gasteiger partial charge is 0.325 e. The lowest BCUT2D eigenvalue weighted by molar-refractivity contribution is -0.384. The van der Waals surface area contributed by atoms with Crippen molar-refractivity contribution in [2.24, 2.45) is 11.8 Å². The predicted octanol–water partition coefficient (Wildman–Crippen LogP) is 5.42. The van der Waals surface area contributed by atoms with E-state index in [-0.39, 0.29) is 23.2 Å². The average Bonchev–Trinajstić information content (AvgIpc) is 2.82. The van der Waals surface area contributed by atoms with E-state index in [1.165, 1.54) is 30.0 Å². The number of hydrogen-bond acceptors (Lipinski definition) is 6. The van der Waals surface area contributed by atoms with Gasteiger partial charge in [-0.05, 0) is 43.4 Å². The van der Waals surface area contributed by atoms with Gasteiger partial charge in [-0.15, -0.1) is 0 Å². The molecule has 1 aliphatic rings. The molecule has 9 heteroatoms. The molecule has 1 heterocycles. The van der Waals surface area contributed by atoms with Gasteiger partial charge in [0.05, 0.1) is 21.1 Å².